The van der Waals surface area contributed by atoms with Crippen LogP contribution in [0.3, 0.4) is 0 Å². The largest absolute Gasteiger partial charge is 0.489 e. The van der Waals surface area contributed by atoms with Crippen LogP contribution in [0.2, 0.25) is 0 Å². The van der Waals surface area contributed by atoms with E-state index in [0.717, 1.165) is 36.8 Å². The highest BCUT2D eigenvalue weighted by molar-refractivity contribution is 5.39. The van der Waals surface area contributed by atoms with Gasteiger partial charge in [-0.1, -0.05) is 42.5 Å². The van der Waals surface area contributed by atoms with Crippen LogP contribution in [0.4, 0.5) is 0 Å². The highest BCUT2D eigenvalue weighted by Gasteiger charge is 2.14. The molecule has 1 N–H and O–H groups in total. The molecule has 3 rings (SSSR count). The van der Waals surface area contributed by atoms with Crippen molar-refractivity contribution in [2.24, 2.45) is 5.92 Å². The summed E-state index contributed by atoms with van der Waals surface area (Å²) in [7, 11) is 0. The zero-order valence-corrected chi connectivity index (χ0v) is 17.7. The van der Waals surface area contributed by atoms with Gasteiger partial charge in [-0.3, -0.25) is 4.79 Å². The molecule has 0 radical (unpaired) electrons. The van der Waals surface area contributed by atoms with E-state index in [-0.39, 0.29) is 5.60 Å². The Balaban J connectivity index is 0.000000370. The second-order valence-electron chi connectivity index (χ2n) is 8.07. The Labute approximate surface area is 174 Å². The van der Waals surface area contributed by atoms with E-state index in [0.29, 0.717) is 19.0 Å². The topological polar surface area (TPSA) is 56.8 Å². The van der Waals surface area contributed by atoms with Crippen molar-refractivity contribution >= 4 is 6.47 Å². The van der Waals surface area contributed by atoms with Gasteiger partial charge in [0.1, 0.15) is 12.2 Å². The highest BCUT2D eigenvalue weighted by Crippen LogP contribution is 2.28. The molecule has 2 aromatic rings. The van der Waals surface area contributed by atoms with Gasteiger partial charge in [0, 0.05) is 12.5 Å². The standard InChI is InChI=1S/C19H23NO2.C5H10O2/c1-2-7-16(8-3-1)14-21-18-10-4-5-11-19(18)22-15-17-9-6-12-20-13-17;1-5(2,3)7-4-6/h1-5,7-8,10-11,17,20H,6,9,12-15H2;4H,1-3H3/t17-;/m0./s1. The molecular formula is C24H33NO4. The number of ether oxygens (including phenoxy) is 3. The molecule has 5 nitrogen and oxygen atoms in total. The fourth-order valence-corrected chi connectivity index (χ4v) is 2.84. The molecule has 158 valence electrons. The predicted octanol–water partition coefficient (Wildman–Crippen LogP) is 4.60. The summed E-state index contributed by atoms with van der Waals surface area (Å²) >= 11 is 0. The molecule has 1 aliphatic rings. The summed E-state index contributed by atoms with van der Waals surface area (Å²) in [5.74, 6) is 2.25. The third-order valence-corrected chi connectivity index (χ3v) is 4.36. The number of rotatable bonds is 7. The van der Waals surface area contributed by atoms with Crippen LogP contribution >= 0.6 is 0 Å². The summed E-state index contributed by atoms with van der Waals surface area (Å²) < 4.78 is 16.5. The molecular weight excluding hydrogens is 366 g/mol. The van der Waals surface area contributed by atoms with E-state index in [9.17, 15) is 4.79 Å². The molecule has 1 saturated heterocycles. The summed E-state index contributed by atoms with van der Waals surface area (Å²) in [5.41, 5.74) is 0.843. The number of nitrogens with one attached hydrogen (secondary N) is 1. The SMILES string of the molecule is CC(C)(C)OC=O.c1ccc(COc2ccccc2OC[C@H]2CCCNC2)cc1. The Kier molecular flexibility index (Phi) is 9.51. The lowest BCUT2D eigenvalue weighted by atomic mass is 10.0. The van der Waals surface area contributed by atoms with Crippen LogP contribution in [0.15, 0.2) is 54.6 Å². The first-order valence-corrected chi connectivity index (χ1v) is 10.2. The first kappa shape index (κ1) is 22.8. The van der Waals surface area contributed by atoms with Crippen molar-refractivity contribution in [1.82, 2.24) is 5.32 Å². The molecule has 2 aromatic carbocycles. The molecule has 1 atom stereocenters. The average Bonchev–Trinajstić information content (AvgIpc) is 2.72. The van der Waals surface area contributed by atoms with Crippen LogP contribution in [0, 0.1) is 5.92 Å². The Morgan fingerprint density at radius 1 is 1.00 bits per heavy atom. The lowest BCUT2D eigenvalue weighted by Crippen LogP contribution is -2.33. The molecule has 0 spiro atoms. The summed E-state index contributed by atoms with van der Waals surface area (Å²) in [5, 5.41) is 3.42. The second-order valence-corrected chi connectivity index (χ2v) is 8.07. The zero-order chi connectivity index (χ0) is 21.0. The van der Waals surface area contributed by atoms with Crippen molar-refractivity contribution < 1.29 is 19.0 Å². The Bertz CT molecular complexity index is 706. The van der Waals surface area contributed by atoms with E-state index in [1.165, 1.54) is 12.8 Å². The van der Waals surface area contributed by atoms with Crippen molar-refractivity contribution in [3.05, 3.63) is 60.2 Å². The van der Waals surface area contributed by atoms with Gasteiger partial charge in [0.2, 0.25) is 0 Å². The van der Waals surface area contributed by atoms with Crippen molar-refractivity contribution in [1.29, 1.82) is 0 Å². The van der Waals surface area contributed by atoms with Crippen LogP contribution in [0.1, 0.15) is 39.2 Å². The average molecular weight is 400 g/mol. The fourth-order valence-electron chi connectivity index (χ4n) is 2.84. The number of piperidine rings is 1. The lowest BCUT2D eigenvalue weighted by molar-refractivity contribution is -0.138. The van der Waals surface area contributed by atoms with E-state index in [2.05, 4.69) is 22.2 Å². The fraction of sp³-hybridized carbons (Fsp3) is 0.458. The molecule has 29 heavy (non-hydrogen) atoms. The van der Waals surface area contributed by atoms with Gasteiger partial charge in [0.25, 0.3) is 6.47 Å². The number of carbonyl (C=O) groups is 1. The molecule has 0 aromatic heterocycles. The number of hydrogen-bond donors (Lipinski definition) is 1. The number of hydrogen-bond acceptors (Lipinski definition) is 5. The molecule has 0 bridgehead atoms. The molecule has 0 amide bonds. The Morgan fingerprint density at radius 3 is 2.21 bits per heavy atom. The number of para-hydroxylation sites is 2. The van der Waals surface area contributed by atoms with Gasteiger partial charge < -0.3 is 19.5 Å². The maximum atomic E-state index is 9.60. The van der Waals surface area contributed by atoms with Gasteiger partial charge in [-0.2, -0.15) is 0 Å². The molecule has 5 heteroatoms. The van der Waals surface area contributed by atoms with Gasteiger partial charge in [-0.25, -0.2) is 0 Å². The van der Waals surface area contributed by atoms with Crippen molar-refractivity contribution in [2.45, 2.75) is 45.8 Å². The summed E-state index contributed by atoms with van der Waals surface area (Å²) in [6, 6.07) is 18.1. The molecule has 0 unspecified atom stereocenters. The number of benzene rings is 2. The molecule has 0 aliphatic carbocycles. The highest BCUT2D eigenvalue weighted by atomic mass is 16.5. The first-order chi connectivity index (χ1) is 14.0. The van der Waals surface area contributed by atoms with Gasteiger partial charge in [-0.05, 0) is 57.9 Å². The van der Waals surface area contributed by atoms with Crippen molar-refractivity contribution in [3.63, 3.8) is 0 Å². The quantitative estimate of drug-likeness (QED) is 0.690. The van der Waals surface area contributed by atoms with Crippen LogP contribution in [-0.2, 0) is 16.1 Å². The van der Waals surface area contributed by atoms with E-state index < -0.39 is 0 Å². The predicted molar refractivity (Wildman–Crippen MR) is 115 cm³/mol. The minimum atomic E-state index is -0.318. The lowest BCUT2D eigenvalue weighted by Gasteiger charge is -2.23. The van der Waals surface area contributed by atoms with Crippen LogP contribution < -0.4 is 14.8 Å². The second kappa shape index (κ2) is 12.1. The maximum absolute atomic E-state index is 9.60. The van der Waals surface area contributed by atoms with E-state index in [4.69, 9.17) is 9.47 Å². The summed E-state index contributed by atoms with van der Waals surface area (Å²) in [4.78, 5) is 9.60. The summed E-state index contributed by atoms with van der Waals surface area (Å²) in [6.45, 7) is 9.41. The zero-order valence-electron chi connectivity index (χ0n) is 17.7. The molecule has 1 heterocycles. The van der Waals surface area contributed by atoms with Crippen molar-refractivity contribution in [3.8, 4) is 11.5 Å². The van der Waals surface area contributed by atoms with Gasteiger partial charge >= 0.3 is 0 Å². The Hall–Kier alpha value is -2.53. The van der Waals surface area contributed by atoms with Crippen molar-refractivity contribution in [2.75, 3.05) is 19.7 Å². The first-order valence-electron chi connectivity index (χ1n) is 10.2. The van der Waals surface area contributed by atoms with Crippen LogP contribution in [-0.4, -0.2) is 31.8 Å². The third-order valence-electron chi connectivity index (χ3n) is 4.36. The van der Waals surface area contributed by atoms with E-state index in [1.807, 2.05) is 63.2 Å². The van der Waals surface area contributed by atoms with Crippen LogP contribution in [0.5, 0.6) is 11.5 Å². The molecule has 1 aliphatic heterocycles. The molecule has 1 fully saturated rings. The van der Waals surface area contributed by atoms with Gasteiger partial charge in [-0.15, -0.1) is 0 Å². The van der Waals surface area contributed by atoms with E-state index >= 15 is 0 Å². The third kappa shape index (κ3) is 9.48. The van der Waals surface area contributed by atoms with E-state index in [1.54, 1.807) is 0 Å². The van der Waals surface area contributed by atoms with Gasteiger partial charge in [0.15, 0.2) is 11.5 Å². The number of carbonyl (C=O) groups excluding carboxylic acids is 1. The van der Waals surface area contributed by atoms with Crippen LogP contribution in [0.25, 0.3) is 0 Å². The van der Waals surface area contributed by atoms with Gasteiger partial charge in [0.05, 0.1) is 6.61 Å². The molecule has 0 saturated carbocycles. The summed E-state index contributed by atoms with van der Waals surface area (Å²) in [6.07, 6.45) is 2.47. The monoisotopic (exact) mass is 399 g/mol. The maximum Gasteiger partial charge on any atom is 0.293 e. The minimum absolute atomic E-state index is 0.318. The minimum Gasteiger partial charge on any atom is -0.489 e. The smallest absolute Gasteiger partial charge is 0.293 e. The normalized spacial score (nSPS) is 16.2. The Morgan fingerprint density at radius 2 is 1.66 bits per heavy atom.